The molecule has 0 saturated carbocycles. The van der Waals surface area contributed by atoms with E-state index in [-0.39, 0.29) is 17.4 Å². The lowest BCUT2D eigenvalue weighted by Gasteiger charge is -2.39. The molecule has 1 rings (SSSR count). The van der Waals surface area contributed by atoms with Crippen molar-refractivity contribution in [2.45, 2.75) is 70.7 Å². The van der Waals surface area contributed by atoms with Gasteiger partial charge in [0.1, 0.15) is 5.72 Å². The zero-order chi connectivity index (χ0) is 17.3. The number of carbonyl (C=O) groups excluding carboxylic acids is 1. The average Bonchev–Trinajstić information content (AvgIpc) is 2.51. The van der Waals surface area contributed by atoms with Crippen LogP contribution in [0.4, 0.5) is 4.79 Å². The standard InChI is InChI=1S/C16H34N2O3Si/c1-15(2)12-20-16(3,4)18(15)14(19)21-13(22(7,8)9)10-11-17(5)6/h13H,10-12H2,1-9H3. The van der Waals surface area contributed by atoms with Gasteiger partial charge in [-0.1, -0.05) is 19.6 Å². The summed E-state index contributed by atoms with van der Waals surface area (Å²) in [6, 6.07) is 0. The van der Waals surface area contributed by atoms with Crippen LogP contribution in [0.1, 0.15) is 34.1 Å². The van der Waals surface area contributed by atoms with Crippen LogP contribution in [0.3, 0.4) is 0 Å². The third kappa shape index (κ3) is 4.70. The minimum absolute atomic E-state index is 0.00889. The van der Waals surface area contributed by atoms with Gasteiger partial charge in [-0.25, -0.2) is 4.79 Å². The molecule has 0 N–H and O–H groups in total. The Morgan fingerprint density at radius 3 is 2.18 bits per heavy atom. The first-order valence-corrected chi connectivity index (χ1v) is 11.6. The second-order valence-corrected chi connectivity index (χ2v) is 14.1. The molecule has 0 aromatic rings. The lowest BCUT2D eigenvalue weighted by atomic mass is 10.0. The highest BCUT2D eigenvalue weighted by atomic mass is 28.3. The molecular weight excluding hydrogens is 296 g/mol. The molecule has 1 amide bonds. The van der Waals surface area contributed by atoms with Crippen molar-refractivity contribution in [3.8, 4) is 0 Å². The maximum Gasteiger partial charge on any atom is 0.412 e. The van der Waals surface area contributed by atoms with E-state index in [4.69, 9.17) is 9.47 Å². The molecule has 0 radical (unpaired) electrons. The zero-order valence-corrected chi connectivity index (χ0v) is 16.8. The zero-order valence-electron chi connectivity index (χ0n) is 15.8. The Hall–Kier alpha value is -0.593. The van der Waals surface area contributed by atoms with Crippen LogP contribution in [-0.2, 0) is 9.47 Å². The van der Waals surface area contributed by atoms with E-state index in [9.17, 15) is 4.79 Å². The van der Waals surface area contributed by atoms with Crippen LogP contribution >= 0.6 is 0 Å². The monoisotopic (exact) mass is 330 g/mol. The van der Waals surface area contributed by atoms with E-state index in [1.54, 1.807) is 4.90 Å². The highest BCUT2D eigenvalue weighted by molar-refractivity contribution is 6.77. The van der Waals surface area contributed by atoms with Crippen LogP contribution < -0.4 is 0 Å². The van der Waals surface area contributed by atoms with Gasteiger partial charge in [0.15, 0.2) is 0 Å². The molecule has 6 heteroatoms. The second-order valence-electron chi connectivity index (χ2n) is 8.71. The second kappa shape index (κ2) is 6.49. The molecule has 0 spiro atoms. The molecule has 0 aromatic carbocycles. The quantitative estimate of drug-likeness (QED) is 0.726. The first kappa shape index (κ1) is 19.5. The predicted octanol–water partition coefficient (Wildman–Crippen LogP) is 3.17. The molecule has 1 heterocycles. The van der Waals surface area contributed by atoms with Crippen molar-refractivity contribution in [1.82, 2.24) is 9.80 Å². The number of amides is 1. The Labute approximate surface area is 136 Å². The molecule has 1 unspecified atom stereocenters. The van der Waals surface area contributed by atoms with Crippen molar-refractivity contribution in [3.63, 3.8) is 0 Å². The Morgan fingerprint density at radius 2 is 1.82 bits per heavy atom. The van der Waals surface area contributed by atoms with Crippen molar-refractivity contribution in [1.29, 1.82) is 0 Å². The molecule has 22 heavy (non-hydrogen) atoms. The Balaban J connectivity index is 2.86. The van der Waals surface area contributed by atoms with Crippen molar-refractivity contribution in [2.24, 2.45) is 0 Å². The van der Waals surface area contributed by atoms with Crippen LogP contribution in [0, 0.1) is 0 Å². The van der Waals surface area contributed by atoms with Crippen molar-refractivity contribution in [2.75, 3.05) is 27.2 Å². The fraction of sp³-hybridized carbons (Fsp3) is 0.938. The normalized spacial score (nSPS) is 22.0. The summed E-state index contributed by atoms with van der Waals surface area (Å²) in [5, 5.41) is 0. The predicted molar refractivity (Wildman–Crippen MR) is 92.7 cm³/mol. The summed E-state index contributed by atoms with van der Waals surface area (Å²) in [5.41, 5.74) is -0.951. The maximum absolute atomic E-state index is 12.8. The summed E-state index contributed by atoms with van der Waals surface area (Å²) in [5.74, 6) is 0. The van der Waals surface area contributed by atoms with Crippen LogP contribution in [0.15, 0.2) is 0 Å². The molecular formula is C16H34N2O3Si. The fourth-order valence-electron chi connectivity index (χ4n) is 2.90. The summed E-state index contributed by atoms with van der Waals surface area (Å²) in [6.07, 6.45) is 0.628. The summed E-state index contributed by atoms with van der Waals surface area (Å²) in [6.45, 7) is 16.1. The molecule has 1 saturated heterocycles. The third-order valence-electron chi connectivity index (χ3n) is 4.15. The fourth-order valence-corrected chi connectivity index (χ4v) is 4.35. The Morgan fingerprint density at radius 1 is 1.27 bits per heavy atom. The highest BCUT2D eigenvalue weighted by Gasteiger charge is 2.50. The van der Waals surface area contributed by atoms with Gasteiger partial charge in [0.05, 0.1) is 25.9 Å². The smallest absolute Gasteiger partial charge is 0.412 e. The number of hydrogen-bond acceptors (Lipinski definition) is 4. The van der Waals surface area contributed by atoms with E-state index in [1.807, 2.05) is 41.8 Å². The minimum Gasteiger partial charge on any atom is -0.450 e. The average molecular weight is 331 g/mol. The largest absolute Gasteiger partial charge is 0.450 e. The molecule has 1 aliphatic heterocycles. The van der Waals surface area contributed by atoms with Gasteiger partial charge in [0, 0.05) is 6.54 Å². The van der Waals surface area contributed by atoms with Gasteiger partial charge >= 0.3 is 6.09 Å². The molecule has 5 nitrogen and oxygen atoms in total. The van der Waals surface area contributed by atoms with Gasteiger partial charge in [-0.05, 0) is 48.2 Å². The van der Waals surface area contributed by atoms with Gasteiger partial charge in [-0.3, -0.25) is 4.90 Å². The van der Waals surface area contributed by atoms with E-state index >= 15 is 0 Å². The molecule has 0 aliphatic carbocycles. The lowest BCUT2D eigenvalue weighted by molar-refractivity contribution is -0.0547. The minimum atomic E-state index is -1.60. The van der Waals surface area contributed by atoms with Crippen LogP contribution in [-0.4, -0.2) is 68.2 Å². The van der Waals surface area contributed by atoms with E-state index in [0.717, 1.165) is 13.0 Å². The third-order valence-corrected chi connectivity index (χ3v) is 6.49. The number of ether oxygens (including phenoxy) is 2. The van der Waals surface area contributed by atoms with Crippen molar-refractivity contribution >= 4 is 14.2 Å². The van der Waals surface area contributed by atoms with E-state index in [0.29, 0.717) is 6.61 Å². The summed E-state index contributed by atoms with van der Waals surface area (Å²) < 4.78 is 11.7. The number of rotatable bonds is 5. The lowest BCUT2D eigenvalue weighted by Crippen LogP contribution is -2.55. The SMILES string of the molecule is CN(C)CCC(OC(=O)N1C(C)(C)COC1(C)C)[Si](C)(C)C. The van der Waals surface area contributed by atoms with Gasteiger partial charge in [0.25, 0.3) is 0 Å². The highest BCUT2D eigenvalue weighted by Crippen LogP contribution is 2.35. The van der Waals surface area contributed by atoms with Gasteiger partial charge < -0.3 is 14.4 Å². The van der Waals surface area contributed by atoms with Crippen molar-refractivity contribution < 1.29 is 14.3 Å². The Kier molecular flexibility index (Phi) is 5.74. The van der Waals surface area contributed by atoms with Crippen LogP contribution in [0.2, 0.25) is 19.6 Å². The van der Waals surface area contributed by atoms with Gasteiger partial charge in [-0.15, -0.1) is 0 Å². The van der Waals surface area contributed by atoms with Gasteiger partial charge in [0.2, 0.25) is 0 Å². The Bertz CT molecular complexity index is 387. The number of carbonyl (C=O) groups is 1. The van der Waals surface area contributed by atoms with Crippen molar-refractivity contribution in [3.05, 3.63) is 0 Å². The summed E-state index contributed by atoms with van der Waals surface area (Å²) >= 11 is 0. The molecule has 0 aromatic heterocycles. The first-order chi connectivity index (χ1) is 9.77. The summed E-state index contributed by atoms with van der Waals surface area (Å²) in [7, 11) is 2.49. The molecule has 0 bridgehead atoms. The molecule has 1 aliphatic rings. The maximum atomic E-state index is 12.8. The van der Waals surface area contributed by atoms with Gasteiger partial charge in [-0.2, -0.15) is 0 Å². The molecule has 1 fully saturated rings. The topological polar surface area (TPSA) is 42.0 Å². The summed E-state index contributed by atoms with van der Waals surface area (Å²) in [4.78, 5) is 16.7. The van der Waals surface area contributed by atoms with E-state index < -0.39 is 13.8 Å². The van der Waals surface area contributed by atoms with E-state index in [1.165, 1.54) is 0 Å². The first-order valence-electron chi connectivity index (χ1n) is 8.07. The molecule has 1 atom stereocenters. The number of nitrogens with zero attached hydrogens (tertiary/aromatic N) is 2. The van der Waals surface area contributed by atoms with Crippen LogP contribution in [0.5, 0.6) is 0 Å². The van der Waals surface area contributed by atoms with E-state index in [2.05, 4.69) is 24.5 Å². The van der Waals surface area contributed by atoms with Crippen LogP contribution in [0.25, 0.3) is 0 Å². The molecule has 130 valence electrons. The number of hydrogen-bond donors (Lipinski definition) is 0.